The van der Waals surface area contributed by atoms with Gasteiger partial charge in [0.05, 0.1) is 0 Å². The molecule has 17 heavy (non-hydrogen) atoms. The van der Waals surface area contributed by atoms with E-state index >= 15 is 0 Å². The fraction of sp³-hybridized carbons (Fsp3) is 0.727. The smallest absolute Gasteiger partial charge is 0.221 e. The van der Waals surface area contributed by atoms with Crippen molar-refractivity contribution >= 4 is 17.9 Å². The van der Waals surface area contributed by atoms with E-state index in [1.807, 2.05) is 7.05 Å². The Kier molecular flexibility index (Phi) is 10.1. The summed E-state index contributed by atoms with van der Waals surface area (Å²) in [6.45, 7) is 3.20. The van der Waals surface area contributed by atoms with Crippen LogP contribution in [0.3, 0.4) is 0 Å². The van der Waals surface area contributed by atoms with Crippen LogP contribution in [0.1, 0.15) is 26.2 Å². The van der Waals surface area contributed by atoms with Gasteiger partial charge >= 0.3 is 0 Å². The number of hydrogen-bond acceptors (Lipinski definition) is 5. The van der Waals surface area contributed by atoms with E-state index in [9.17, 15) is 9.59 Å². The first-order chi connectivity index (χ1) is 8.16. The number of oxime groups is 1. The van der Waals surface area contributed by atoms with Crippen LogP contribution in [0, 0.1) is 0 Å². The van der Waals surface area contributed by atoms with Gasteiger partial charge in [0.15, 0.2) is 5.78 Å². The maximum Gasteiger partial charge on any atom is 0.221 e. The topological polar surface area (TPSA) is 79.8 Å². The Morgan fingerprint density at radius 1 is 1.29 bits per heavy atom. The Balaban J connectivity index is 3.23. The molecule has 6 heteroatoms. The Labute approximate surface area is 102 Å². The fourth-order valence-electron chi connectivity index (χ4n) is 1.01. The Morgan fingerprint density at radius 2 is 2.06 bits per heavy atom. The monoisotopic (exact) mass is 243 g/mol. The molecule has 0 atom stereocenters. The third-order valence-electron chi connectivity index (χ3n) is 1.90. The Bertz CT molecular complexity index is 254. The molecule has 0 spiro atoms. The van der Waals surface area contributed by atoms with E-state index < -0.39 is 0 Å². The van der Waals surface area contributed by atoms with Crippen LogP contribution in [0.4, 0.5) is 0 Å². The number of unbranched alkanes of at least 4 members (excludes halogenated alkanes) is 1. The van der Waals surface area contributed by atoms with Gasteiger partial charge in [0.25, 0.3) is 0 Å². The zero-order chi connectivity index (χ0) is 12.9. The lowest BCUT2D eigenvalue weighted by atomic mass is 10.3. The molecule has 0 rings (SSSR count). The Hall–Kier alpha value is -1.43. The van der Waals surface area contributed by atoms with Crippen molar-refractivity contribution in [2.24, 2.45) is 5.16 Å². The molecule has 1 amide bonds. The summed E-state index contributed by atoms with van der Waals surface area (Å²) < 4.78 is 0. The molecule has 0 aromatic carbocycles. The molecule has 2 N–H and O–H groups in total. The first-order valence-electron chi connectivity index (χ1n) is 5.74. The van der Waals surface area contributed by atoms with Crippen LogP contribution in [0.15, 0.2) is 5.16 Å². The van der Waals surface area contributed by atoms with Gasteiger partial charge in [0, 0.05) is 26.4 Å². The molecule has 0 aromatic rings. The van der Waals surface area contributed by atoms with Gasteiger partial charge in [-0.15, -0.1) is 0 Å². The summed E-state index contributed by atoms with van der Waals surface area (Å²) >= 11 is 0. The maximum absolute atomic E-state index is 11.2. The van der Waals surface area contributed by atoms with Crippen LogP contribution in [0.25, 0.3) is 0 Å². The van der Waals surface area contributed by atoms with E-state index in [2.05, 4.69) is 15.8 Å². The first kappa shape index (κ1) is 15.6. The normalized spacial score (nSPS) is 10.5. The van der Waals surface area contributed by atoms with Gasteiger partial charge in [0.1, 0.15) is 12.8 Å². The highest BCUT2D eigenvalue weighted by atomic mass is 16.6. The number of Topliss-reactive ketones (excluding diaryl/α,β-unsaturated/α-hetero) is 1. The largest absolute Gasteiger partial charge is 0.396 e. The number of nitrogens with one attached hydrogen (secondary N) is 2. The molecule has 0 heterocycles. The molecule has 0 aliphatic heterocycles. The third kappa shape index (κ3) is 12.5. The number of nitrogens with zero attached hydrogens (tertiary/aromatic N) is 1. The average Bonchev–Trinajstić information content (AvgIpc) is 2.29. The lowest BCUT2D eigenvalue weighted by Gasteiger charge is -2.04. The first-order valence-corrected chi connectivity index (χ1v) is 5.74. The van der Waals surface area contributed by atoms with E-state index in [1.165, 1.54) is 6.92 Å². The van der Waals surface area contributed by atoms with Gasteiger partial charge < -0.3 is 15.5 Å². The summed E-state index contributed by atoms with van der Waals surface area (Å²) in [4.78, 5) is 26.5. The van der Waals surface area contributed by atoms with Crippen molar-refractivity contribution in [3.63, 3.8) is 0 Å². The van der Waals surface area contributed by atoms with E-state index in [0.29, 0.717) is 26.1 Å². The Morgan fingerprint density at radius 3 is 2.71 bits per heavy atom. The van der Waals surface area contributed by atoms with Crippen LogP contribution in [0.2, 0.25) is 0 Å². The van der Waals surface area contributed by atoms with Crippen LogP contribution >= 0.6 is 0 Å². The maximum atomic E-state index is 11.2. The van der Waals surface area contributed by atoms with Gasteiger partial charge in [-0.05, 0) is 19.9 Å². The molecule has 0 saturated heterocycles. The molecule has 98 valence electrons. The van der Waals surface area contributed by atoms with Crippen molar-refractivity contribution in [2.45, 2.75) is 26.2 Å². The number of carbonyl (C=O) groups is 2. The molecular formula is C11H21N3O3. The van der Waals surface area contributed by atoms with Crippen LogP contribution in [-0.2, 0) is 14.4 Å². The number of amides is 1. The highest BCUT2D eigenvalue weighted by Crippen LogP contribution is 1.89. The lowest BCUT2D eigenvalue weighted by Crippen LogP contribution is -2.27. The molecule has 0 aromatic heterocycles. The number of rotatable bonds is 10. The van der Waals surface area contributed by atoms with Gasteiger partial charge in [-0.2, -0.15) is 0 Å². The van der Waals surface area contributed by atoms with Crippen molar-refractivity contribution < 1.29 is 14.4 Å². The number of carbonyl (C=O) groups excluding carboxylic acids is 2. The van der Waals surface area contributed by atoms with Gasteiger partial charge in [0.2, 0.25) is 5.91 Å². The predicted octanol–water partition coefficient (Wildman–Crippen LogP) is 0.0837. The molecule has 0 radical (unpaired) electrons. The van der Waals surface area contributed by atoms with Crippen molar-refractivity contribution in [3.8, 4) is 0 Å². The zero-order valence-corrected chi connectivity index (χ0v) is 10.5. The summed E-state index contributed by atoms with van der Waals surface area (Å²) in [6.07, 6.45) is 3.26. The molecule has 0 bridgehead atoms. The standard InChI is InChI=1S/C11H21N3O3/c1-10(15)9-14-17-8-4-3-6-13-11(16)5-7-12-2/h9,12H,3-8H2,1-2H3,(H,13,16)/b14-9+. The molecule has 6 nitrogen and oxygen atoms in total. The fourth-order valence-corrected chi connectivity index (χ4v) is 1.01. The second kappa shape index (κ2) is 11.1. The predicted molar refractivity (Wildman–Crippen MR) is 65.9 cm³/mol. The van der Waals surface area contributed by atoms with Crippen LogP contribution in [0.5, 0.6) is 0 Å². The van der Waals surface area contributed by atoms with Gasteiger partial charge in [-0.25, -0.2) is 0 Å². The van der Waals surface area contributed by atoms with Gasteiger partial charge in [-0.3, -0.25) is 9.59 Å². The quantitative estimate of drug-likeness (QED) is 0.323. The molecular weight excluding hydrogens is 222 g/mol. The SMILES string of the molecule is CNCCC(=O)NCCCCO/N=C/C(C)=O. The summed E-state index contributed by atoms with van der Waals surface area (Å²) in [5.74, 6) is -0.0864. The minimum atomic E-state index is -0.137. The number of hydrogen-bond donors (Lipinski definition) is 2. The second-order valence-corrected chi connectivity index (χ2v) is 3.59. The minimum Gasteiger partial charge on any atom is -0.396 e. The zero-order valence-electron chi connectivity index (χ0n) is 10.5. The van der Waals surface area contributed by atoms with E-state index in [-0.39, 0.29) is 11.7 Å². The van der Waals surface area contributed by atoms with E-state index in [1.54, 1.807) is 0 Å². The highest BCUT2D eigenvalue weighted by molar-refractivity contribution is 6.26. The summed E-state index contributed by atoms with van der Waals surface area (Å²) in [5.41, 5.74) is 0. The molecule has 0 fully saturated rings. The lowest BCUT2D eigenvalue weighted by molar-refractivity contribution is -0.121. The van der Waals surface area contributed by atoms with Gasteiger partial charge in [-0.1, -0.05) is 5.16 Å². The van der Waals surface area contributed by atoms with E-state index in [0.717, 1.165) is 19.1 Å². The van der Waals surface area contributed by atoms with E-state index in [4.69, 9.17) is 4.84 Å². The average molecular weight is 243 g/mol. The molecule has 0 saturated carbocycles. The van der Waals surface area contributed by atoms with Crippen LogP contribution < -0.4 is 10.6 Å². The second-order valence-electron chi connectivity index (χ2n) is 3.59. The van der Waals surface area contributed by atoms with Crippen molar-refractivity contribution in [2.75, 3.05) is 26.7 Å². The van der Waals surface area contributed by atoms with Crippen molar-refractivity contribution in [3.05, 3.63) is 0 Å². The summed E-state index contributed by atoms with van der Waals surface area (Å²) in [6, 6.07) is 0. The highest BCUT2D eigenvalue weighted by Gasteiger charge is 1.98. The van der Waals surface area contributed by atoms with Crippen molar-refractivity contribution in [1.82, 2.24) is 10.6 Å². The number of ketones is 1. The minimum absolute atomic E-state index is 0.0508. The summed E-state index contributed by atoms with van der Waals surface area (Å²) in [7, 11) is 1.81. The van der Waals surface area contributed by atoms with Crippen LogP contribution in [-0.4, -0.2) is 44.6 Å². The van der Waals surface area contributed by atoms with Crippen molar-refractivity contribution in [1.29, 1.82) is 0 Å². The molecule has 0 aliphatic carbocycles. The molecule has 0 aliphatic rings. The molecule has 0 unspecified atom stereocenters. The third-order valence-corrected chi connectivity index (χ3v) is 1.90. The summed E-state index contributed by atoms with van der Waals surface area (Å²) in [5, 5.41) is 9.18.